The summed E-state index contributed by atoms with van der Waals surface area (Å²) in [6.07, 6.45) is 2.51. The number of ether oxygens (including phenoxy) is 1. The van der Waals surface area contributed by atoms with Gasteiger partial charge in [-0.25, -0.2) is 4.68 Å². The van der Waals surface area contributed by atoms with E-state index in [-0.39, 0.29) is 5.75 Å². The van der Waals surface area contributed by atoms with E-state index >= 15 is 0 Å². The number of rotatable bonds is 4. The number of benzene rings is 1. The fraction of sp³-hybridized carbons (Fsp3) is 0.190. The lowest BCUT2D eigenvalue weighted by Crippen LogP contribution is -2.17. The Morgan fingerprint density at radius 3 is 2.44 bits per heavy atom. The summed E-state index contributed by atoms with van der Waals surface area (Å²) in [5, 5.41) is 4.44. The van der Waals surface area contributed by atoms with E-state index in [1.807, 2.05) is 39.0 Å². The molecular weight excluding hydrogens is 353 g/mol. The zero-order chi connectivity index (χ0) is 20.0. The summed E-state index contributed by atoms with van der Waals surface area (Å²) in [4.78, 5) is 0. The molecule has 0 atom stereocenters. The molecule has 1 heterocycles. The molecule has 2 rings (SSSR count). The zero-order valence-corrected chi connectivity index (χ0v) is 15.3. The lowest BCUT2D eigenvalue weighted by Gasteiger charge is -2.10. The van der Waals surface area contributed by atoms with Crippen LogP contribution in [0.3, 0.4) is 0 Å². The van der Waals surface area contributed by atoms with Crippen molar-refractivity contribution in [1.29, 1.82) is 0 Å². The zero-order valence-electron chi connectivity index (χ0n) is 15.3. The first kappa shape index (κ1) is 20.1. The first-order valence-corrected chi connectivity index (χ1v) is 8.11. The van der Waals surface area contributed by atoms with Gasteiger partial charge in [-0.2, -0.15) is 5.10 Å². The molecule has 27 heavy (non-hydrogen) atoms. The van der Waals surface area contributed by atoms with Crippen LogP contribution in [0.2, 0.25) is 0 Å². The maximum absolute atomic E-state index is 12.3. The quantitative estimate of drug-likeness (QED) is 0.529. The molecule has 1 aromatic heterocycles. The van der Waals surface area contributed by atoms with Gasteiger partial charge in [-0.1, -0.05) is 42.7 Å². The monoisotopic (exact) mass is 372 g/mol. The maximum atomic E-state index is 12.3. The number of alkyl halides is 3. The van der Waals surface area contributed by atoms with E-state index in [1.165, 1.54) is 24.3 Å². The molecule has 0 aliphatic carbocycles. The highest BCUT2D eigenvalue weighted by atomic mass is 19.4. The molecule has 0 fully saturated rings. The van der Waals surface area contributed by atoms with Crippen molar-refractivity contribution in [1.82, 2.24) is 9.78 Å². The van der Waals surface area contributed by atoms with Crippen LogP contribution in [0.1, 0.15) is 23.9 Å². The molecule has 0 radical (unpaired) electrons. The van der Waals surface area contributed by atoms with Crippen LogP contribution in [0.5, 0.6) is 5.75 Å². The standard InChI is InChI=1S/C21H19F3N2O/c1-5-6-7-8-15(2)9-14-20-16(3)25-26(17(20)4)18-10-12-19(13-11-18)27-21(22,23)24/h5-8,10-13H,1H2,2-4H3/b7-6-,15-8+. The van der Waals surface area contributed by atoms with Gasteiger partial charge in [-0.15, -0.1) is 13.2 Å². The van der Waals surface area contributed by atoms with Crippen molar-refractivity contribution in [2.24, 2.45) is 0 Å². The average molecular weight is 372 g/mol. The molecule has 3 nitrogen and oxygen atoms in total. The summed E-state index contributed by atoms with van der Waals surface area (Å²) in [5.41, 5.74) is 3.84. The SMILES string of the molecule is C=C/C=C\C=C(/C)C#Cc1c(C)nn(-c2ccc(OC(F)(F)F)cc2)c1C. The minimum atomic E-state index is -4.71. The van der Waals surface area contributed by atoms with Crippen LogP contribution in [0, 0.1) is 25.7 Å². The largest absolute Gasteiger partial charge is 0.573 e. The fourth-order valence-electron chi connectivity index (χ4n) is 2.35. The summed E-state index contributed by atoms with van der Waals surface area (Å²) in [7, 11) is 0. The predicted octanol–water partition coefficient (Wildman–Crippen LogP) is 5.43. The molecule has 140 valence electrons. The molecular formula is C21H19F3N2O. The van der Waals surface area contributed by atoms with Crippen molar-refractivity contribution in [2.45, 2.75) is 27.1 Å². The van der Waals surface area contributed by atoms with Gasteiger partial charge in [0.2, 0.25) is 0 Å². The lowest BCUT2D eigenvalue weighted by atomic mass is 10.1. The van der Waals surface area contributed by atoms with Crippen LogP contribution in [0.25, 0.3) is 5.69 Å². The minimum absolute atomic E-state index is 0.277. The third-order valence-electron chi connectivity index (χ3n) is 3.58. The van der Waals surface area contributed by atoms with Gasteiger partial charge in [0.25, 0.3) is 0 Å². The Bertz CT molecular complexity index is 937. The summed E-state index contributed by atoms with van der Waals surface area (Å²) in [6, 6.07) is 5.54. The van der Waals surface area contributed by atoms with Gasteiger partial charge >= 0.3 is 6.36 Å². The van der Waals surface area contributed by atoms with Crippen molar-refractivity contribution in [3.8, 4) is 23.3 Å². The number of hydrogen-bond acceptors (Lipinski definition) is 2. The first-order chi connectivity index (χ1) is 12.7. The van der Waals surface area contributed by atoms with Crippen molar-refractivity contribution < 1.29 is 17.9 Å². The molecule has 0 aliphatic rings. The number of halogens is 3. The van der Waals surface area contributed by atoms with Crippen LogP contribution in [-0.2, 0) is 0 Å². The highest BCUT2D eigenvalue weighted by molar-refractivity contribution is 5.49. The molecule has 2 aromatic rings. The Kier molecular flexibility index (Phi) is 6.30. The Labute approximate surface area is 156 Å². The summed E-state index contributed by atoms with van der Waals surface area (Å²) in [6.45, 7) is 9.20. The smallest absolute Gasteiger partial charge is 0.406 e. The maximum Gasteiger partial charge on any atom is 0.573 e. The van der Waals surface area contributed by atoms with Crippen LogP contribution in [0.4, 0.5) is 13.2 Å². The van der Waals surface area contributed by atoms with Gasteiger partial charge in [0, 0.05) is 0 Å². The van der Waals surface area contributed by atoms with Crippen molar-refractivity contribution in [3.05, 3.63) is 77.7 Å². The van der Waals surface area contributed by atoms with E-state index in [0.717, 1.165) is 22.5 Å². The number of aryl methyl sites for hydroxylation is 1. The van der Waals surface area contributed by atoms with E-state index in [2.05, 4.69) is 28.3 Å². The number of nitrogens with zero attached hydrogens (tertiary/aromatic N) is 2. The van der Waals surface area contributed by atoms with Gasteiger partial charge in [-0.3, -0.25) is 0 Å². The molecule has 0 amide bonds. The van der Waals surface area contributed by atoms with Crippen LogP contribution in [0.15, 0.2) is 60.7 Å². The molecule has 0 spiro atoms. The van der Waals surface area contributed by atoms with E-state index in [9.17, 15) is 13.2 Å². The molecule has 0 unspecified atom stereocenters. The Morgan fingerprint density at radius 1 is 1.19 bits per heavy atom. The molecule has 0 saturated carbocycles. The molecule has 1 aromatic carbocycles. The minimum Gasteiger partial charge on any atom is -0.406 e. The number of aromatic nitrogens is 2. The summed E-state index contributed by atoms with van der Waals surface area (Å²) < 4.78 is 42.3. The van der Waals surface area contributed by atoms with E-state index in [4.69, 9.17) is 0 Å². The average Bonchev–Trinajstić information content (AvgIpc) is 2.87. The van der Waals surface area contributed by atoms with Crippen molar-refractivity contribution >= 4 is 0 Å². The predicted molar refractivity (Wildman–Crippen MR) is 99.7 cm³/mol. The summed E-state index contributed by atoms with van der Waals surface area (Å²) >= 11 is 0. The third kappa shape index (κ3) is 5.65. The van der Waals surface area contributed by atoms with Crippen molar-refractivity contribution in [3.63, 3.8) is 0 Å². The van der Waals surface area contributed by atoms with Gasteiger partial charge in [0.15, 0.2) is 0 Å². The Morgan fingerprint density at radius 2 is 1.85 bits per heavy atom. The molecule has 0 saturated heterocycles. The summed E-state index contributed by atoms with van der Waals surface area (Å²) in [5.74, 6) is 5.90. The number of hydrogen-bond donors (Lipinski definition) is 0. The van der Waals surface area contributed by atoms with E-state index in [1.54, 1.807) is 10.8 Å². The normalized spacial score (nSPS) is 12.0. The third-order valence-corrected chi connectivity index (χ3v) is 3.58. The van der Waals surface area contributed by atoms with Crippen LogP contribution >= 0.6 is 0 Å². The highest BCUT2D eigenvalue weighted by Gasteiger charge is 2.31. The topological polar surface area (TPSA) is 27.1 Å². The van der Waals surface area contributed by atoms with Crippen LogP contribution in [-0.4, -0.2) is 16.1 Å². The van der Waals surface area contributed by atoms with Gasteiger partial charge < -0.3 is 4.74 Å². The lowest BCUT2D eigenvalue weighted by molar-refractivity contribution is -0.274. The fourth-order valence-corrected chi connectivity index (χ4v) is 2.35. The van der Waals surface area contributed by atoms with Gasteiger partial charge in [-0.05, 0) is 50.6 Å². The van der Waals surface area contributed by atoms with Crippen LogP contribution < -0.4 is 4.74 Å². The second-order valence-corrected chi connectivity index (χ2v) is 5.72. The highest BCUT2D eigenvalue weighted by Crippen LogP contribution is 2.24. The second kappa shape index (κ2) is 8.45. The van der Waals surface area contributed by atoms with Gasteiger partial charge in [0.1, 0.15) is 5.75 Å². The van der Waals surface area contributed by atoms with E-state index in [0.29, 0.717) is 5.69 Å². The van der Waals surface area contributed by atoms with Gasteiger partial charge in [0.05, 0.1) is 22.6 Å². The molecule has 6 heteroatoms. The second-order valence-electron chi connectivity index (χ2n) is 5.72. The van der Waals surface area contributed by atoms with E-state index < -0.39 is 6.36 Å². The molecule has 0 bridgehead atoms. The first-order valence-electron chi connectivity index (χ1n) is 8.11. The number of allylic oxidation sites excluding steroid dienone is 5. The molecule has 0 aliphatic heterocycles. The van der Waals surface area contributed by atoms with Crippen molar-refractivity contribution in [2.75, 3.05) is 0 Å². The molecule has 0 N–H and O–H groups in total. The Hall–Kier alpha value is -3.20. The Balaban J connectivity index is 2.29.